The van der Waals surface area contributed by atoms with Crippen LogP contribution in [0.25, 0.3) is 0 Å². The number of aryl methyl sites for hydroxylation is 2. The minimum Gasteiger partial charge on any atom is -0.315 e. The first-order valence-electron chi connectivity index (χ1n) is 8.66. The van der Waals surface area contributed by atoms with E-state index in [1.54, 1.807) is 0 Å². The third-order valence-electron chi connectivity index (χ3n) is 4.73. The van der Waals surface area contributed by atoms with Crippen molar-refractivity contribution >= 4 is 0 Å². The highest BCUT2D eigenvalue weighted by Gasteiger charge is 2.23. The second-order valence-corrected chi connectivity index (χ2v) is 6.54. The summed E-state index contributed by atoms with van der Waals surface area (Å²) in [4.78, 5) is 7.20. The predicted molar refractivity (Wildman–Crippen MR) is 95.7 cm³/mol. The van der Waals surface area contributed by atoms with E-state index in [-0.39, 0.29) is 0 Å². The van der Waals surface area contributed by atoms with E-state index in [2.05, 4.69) is 59.4 Å². The maximum absolute atomic E-state index is 4.57. The van der Waals surface area contributed by atoms with Crippen LogP contribution in [0.3, 0.4) is 0 Å². The van der Waals surface area contributed by atoms with Crippen LogP contribution in [0.5, 0.6) is 0 Å². The first-order chi connectivity index (χ1) is 11.2. The molecule has 1 N–H and O–H groups in total. The highest BCUT2D eigenvalue weighted by Crippen LogP contribution is 2.28. The molecule has 1 aromatic carbocycles. The lowest BCUT2D eigenvalue weighted by atomic mass is 9.94. The number of hydrogen-bond donors (Lipinski definition) is 1. The van der Waals surface area contributed by atoms with E-state index in [9.17, 15) is 0 Å². The van der Waals surface area contributed by atoms with E-state index in [4.69, 9.17) is 0 Å². The SMILES string of the molecule is Cc1ccc(C(Cc2ccccn2)N2CCCNCC2)c(C)c1. The molecule has 1 atom stereocenters. The standard InChI is InChI=1S/C20H27N3/c1-16-7-8-19(17(2)14-16)20(15-18-6-3-4-10-22-18)23-12-5-9-21-11-13-23/h3-4,6-8,10,14,20-21H,5,9,11-13,15H2,1-2H3. The lowest BCUT2D eigenvalue weighted by Crippen LogP contribution is -2.34. The Kier molecular flexibility index (Phi) is 5.42. The summed E-state index contributed by atoms with van der Waals surface area (Å²) in [5.41, 5.74) is 5.35. The molecule has 1 aliphatic heterocycles. The van der Waals surface area contributed by atoms with Gasteiger partial charge < -0.3 is 5.32 Å². The number of nitrogens with zero attached hydrogens (tertiary/aromatic N) is 2. The minimum atomic E-state index is 0.408. The van der Waals surface area contributed by atoms with Crippen LogP contribution in [0.2, 0.25) is 0 Å². The Labute approximate surface area is 139 Å². The van der Waals surface area contributed by atoms with Gasteiger partial charge in [-0.2, -0.15) is 0 Å². The van der Waals surface area contributed by atoms with Crippen molar-refractivity contribution in [2.75, 3.05) is 26.2 Å². The van der Waals surface area contributed by atoms with Crippen LogP contribution in [0, 0.1) is 13.8 Å². The Bertz CT molecular complexity index is 616. The van der Waals surface area contributed by atoms with E-state index in [0.717, 1.165) is 32.6 Å². The third kappa shape index (κ3) is 4.18. The summed E-state index contributed by atoms with van der Waals surface area (Å²) in [6, 6.07) is 13.5. The summed E-state index contributed by atoms with van der Waals surface area (Å²) in [5, 5.41) is 3.51. The van der Waals surface area contributed by atoms with Crippen LogP contribution in [0.1, 0.15) is 34.8 Å². The molecule has 0 amide bonds. The van der Waals surface area contributed by atoms with Gasteiger partial charge in [0, 0.05) is 44.0 Å². The summed E-state index contributed by atoms with van der Waals surface area (Å²) in [7, 11) is 0. The van der Waals surface area contributed by atoms with Crippen molar-refractivity contribution in [1.29, 1.82) is 0 Å². The number of hydrogen-bond acceptors (Lipinski definition) is 3. The van der Waals surface area contributed by atoms with Crippen LogP contribution >= 0.6 is 0 Å². The molecular formula is C20H27N3. The number of nitrogens with one attached hydrogen (secondary N) is 1. The topological polar surface area (TPSA) is 28.2 Å². The Morgan fingerprint density at radius 2 is 2.04 bits per heavy atom. The van der Waals surface area contributed by atoms with E-state index in [1.165, 1.54) is 28.8 Å². The summed E-state index contributed by atoms with van der Waals surface area (Å²) >= 11 is 0. The molecule has 0 radical (unpaired) electrons. The van der Waals surface area contributed by atoms with Crippen LogP contribution < -0.4 is 5.32 Å². The van der Waals surface area contributed by atoms with Crippen molar-refractivity contribution in [1.82, 2.24) is 15.2 Å². The van der Waals surface area contributed by atoms with Crippen LogP contribution in [-0.4, -0.2) is 36.1 Å². The van der Waals surface area contributed by atoms with Gasteiger partial charge in [-0.05, 0) is 50.1 Å². The van der Waals surface area contributed by atoms with Crippen LogP contribution in [0.15, 0.2) is 42.6 Å². The molecule has 2 aromatic rings. The average molecular weight is 309 g/mol. The Hall–Kier alpha value is -1.71. The second-order valence-electron chi connectivity index (χ2n) is 6.54. The van der Waals surface area contributed by atoms with E-state index in [1.807, 2.05) is 12.3 Å². The van der Waals surface area contributed by atoms with Crippen molar-refractivity contribution in [3.63, 3.8) is 0 Å². The van der Waals surface area contributed by atoms with Gasteiger partial charge in [0.15, 0.2) is 0 Å². The lowest BCUT2D eigenvalue weighted by molar-refractivity contribution is 0.207. The molecule has 122 valence electrons. The van der Waals surface area contributed by atoms with Crippen molar-refractivity contribution in [2.45, 2.75) is 32.7 Å². The molecule has 1 fully saturated rings. The molecule has 0 saturated carbocycles. The van der Waals surface area contributed by atoms with Crippen molar-refractivity contribution in [2.24, 2.45) is 0 Å². The Morgan fingerprint density at radius 1 is 1.13 bits per heavy atom. The summed E-state index contributed by atoms with van der Waals surface area (Å²) in [6.07, 6.45) is 4.09. The largest absolute Gasteiger partial charge is 0.315 e. The summed E-state index contributed by atoms with van der Waals surface area (Å²) < 4.78 is 0. The Morgan fingerprint density at radius 3 is 2.83 bits per heavy atom. The van der Waals surface area contributed by atoms with Gasteiger partial charge in [0.1, 0.15) is 0 Å². The molecule has 3 heteroatoms. The molecule has 1 aliphatic rings. The molecule has 1 aromatic heterocycles. The zero-order valence-corrected chi connectivity index (χ0v) is 14.3. The van der Waals surface area contributed by atoms with E-state index >= 15 is 0 Å². The monoisotopic (exact) mass is 309 g/mol. The first kappa shape index (κ1) is 16.2. The van der Waals surface area contributed by atoms with Gasteiger partial charge in [-0.15, -0.1) is 0 Å². The van der Waals surface area contributed by atoms with E-state index < -0.39 is 0 Å². The second kappa shape index (κ2) is 7.71. The van der Waals surface area contributed by atoms with E-state index in [0.29, 0.717) is 6.04 Å². The molecule has 2 heterocycles. The maximum Gasteiger partial charge on any atom is 0.0422 e. The molecular weight excluding hydrogens is 282 g/mol. The summed E-state index contributed by atoms with van der Waals surface area (Å²) in [5.74, 6) is 0. The Balaban J connectivity index is 1.91. The van der Waals surface area contributed by atoms with Crippen molar-refractivity contribution in [3.8, 4) is 0 Å². The fraction of sp³-hybridized carbons (Fsp3) is 0.450. The zero-order chi connectivity index (χ0) is 16.1. The average Bonchev–Trinajstić information content (AvgIpc) is 2.83. The highest BCUT2D eigenvalue weighted by molar-refractivity contribution is 5.33. The predicted octanol–water partition coefficient (Wildman–Crippen LogP) is 3.28. The molecule has 0 aliphatic carbocycles. The molecule has 1 unspecified atom stereocenters. The lowest BCUT2D eigenvalue weighted by Gasteiger charge is -2.32. The molecule has 0 bridgehead atoms. The number of benzene rings is 1. The van der Waals surface area contributed by atoms with Crippen molar-refractivity contribution < 1.29 is 0 Å². The third-order valence-corrected chi connectivity index (χ3v) is 4.73. The van der Waals surface area contributed by atoms with Crippen LogP contribution in [-0.2, 0) is 6.42 Å². The first-order valence-corrected chi connectivity index (χ1v) is 8.66. The molecule has 3 rings (SSSR count). The maximum atomic E-state index is 4.57. The molecule has 23 heavy (non-hydrogen) atoms. The molecule has 3 nitrogen and oxygen atoms in total. The fourth-order valence-electron chi connectivity index (χ4n) is 3.53. The van der Waals surface area contributed by atoms with Gasteiger partial charge >= 0.3 is 0 Å². The zero-order valence-electron chi connectivity index (χ0n) is 14.3. The smallest absolute Gasteiger partial charge is 0.0422 e. The van der Waals surface area contributed by atoms with Crippen molar-refractivity contribution in [3.05, 3.63) is 65.0 Å². The minimum absolute atomic E-state index is 0.408. The quantitative estimate of drug-likeness (QED) is 0.939. The molecule has 0 spiro atoms. The summed E-state index contributed by atoms with van der Waals surface area (Å²) in [6.45, 7) is 8.86. The van der Waals surface area contributed by atoms with Gasteiger partial charge in [-0.25, -0.2) is 0 Å². The van der Waals surface area contributed by atoms with Gasteiger partial charge in [-0.1, -0.05) is 29.8 Å². The number of rotatable bonds is 4. The van der Waals surface area contributed by atoms with Crippen LogP contribution in [0.4, 0.5) is 0 Å². The van der Waals surface area contributed by atoms with Gasteiger partial charge in [0.2, 0.25) is 0 Å². The normalized spacial score (nSPS) is 17.7. The van der Waals surface area contributed by atoms with Gasteiger partial charge in [0.25, 0.3) is 0 Å². The van der Waals surface area contributed by atoms with Gasteiger partial charge in [0.05, 0.1) is 0 Å². The number of pyridine rings is 1. The number of aromatic nitrogens is 1. The van der Waals surface area contributed by atoms with Gasteiger partial charge in [-0.3, -0.25) is 9.88 Å². The fourth-order valence-corrected chi connectivity index (χ4v) is 3.53. The molecule has 1 saturated heterocycles. The highest BCUT2D eigenvalue weighted by atomic mass is 15.2.